The van der Waals surface area contributed by atoms with Crippen LogP contribution in [0.4, 0.5) is 4.79 Å². The summed E-state index contributed by atoms with van der Waals surface area (Å²) in [5, 5.41) is 0. The second kappa shape index (κ2) is 5.84. The van der Waals surface area contributed by atoms with Gasteiger partial charge in [0.1, 0.15) is 23.6 Å². The molecule has 1 atom stereocenters. The highest BCUT2D eigenvalue weighted by Gasteiger charge is 2.48. The van der Waals surface area contributed by atoms with Crippen LogP contribution in [0.5, 0.6) is 0 Å². The predicted molar refractivity (Wildman–Crippen MR) is 78.7 cm³/mol. The predicted octanol–water partition coefficient (Wildman–Crippen LogP) is 2.51. The summed E-state index contributed by atoms with van der Waals surface area (Å²) in [5.41, 5.74) is -1.49. The van der Waals surface area contributed by atoms with Crippen LogP contribution in [0.25, 0.3) is 0 Å². The van der Waals surface area contributed by atoms with Crippen LogP contribution in [-0.4, -0.2) is 47.0 Å². The summed E-state index contributed by atoms with van der Waals surface area (Å²) in [4.78, 5) is 29.5. The number of rotatable bonds is 2. The van der Waals surface area contributed by atoms with Crippen molar-refractivity contribution in [3.63, 3.8) is 0 Å². The zero-order chi connectivity index (χ0) is 17.4. The van der Waals surface area contributed by atoms with Gasteiger partial charge in [0.05, 0.1) is 13.7 Å². The summed E-state index contributed by atoms with van der Waals surface area (Å²) < 4.78 is 21.0. The second-order valence-electron chi connectivity index (χ2n) is 6.69. The Morgan fingerprint density at radius 3 is 2.61 bits per heavy atom. The Labute approximate surface area is 134 Å². The normalized spacial score (nSPS) is 20.4. The van der Waals surface area contributed by atoms with Crippen LogP contribution in [0.3, 0.4) is 0 Å². The van der Waals surface area contributed by atoms with Crippen LogP contribution in [0.2, 0.25) is 0 Å². The van der Waals surface area contributed by atoms with E-state index in [1.807, 2.05) is 0 Å². The number of hydrogen-bond acceptors (Lipinski definition) is 7. The number of aromatic nitrogens is 1. The molecule has 23 heavy (non-hydrogen) atoms. The molecule has 0 radical (unpaired) electrons. The summed E-state index contributed by atoms with van der Waals surface area (Å²) in [6, 6.07) is -0.585. The van der Waals surface area contributed by atoms with Gasteiger partial charge in [-0.1, -0.05) is 0 Å². The largest absolute Gasteiger partial charge is 0.464 e. The first-order chi connectivity index (χ1) is 10.5. The first kappa shape index (κ1) is 17.3. The minimum absolute atomic E-state index is 0.0383. The molecule has 1 amide bonds. The molecule has 2 heterocycles. The van der Waals surface area contributed by atoms with Crippen molar-refractivity contribution >= 4 is 12.1 Å². The third-order valence-electron chi connectivity index (χ3n) is 3.28. The van der Waals surface area contributed by atoms with E-state index in [1.165, 1.54) is 18.3 Å². The molecule has 1 aliphatic heterocycles. The lowest BCUT2D eigenvalue weighted by Gasteiger charge is -2.34. The zero-order valence-electron chi connectivity index (χ0n) is 14.2. The van der Waals surface area contributed by atoms with E-state index in [-0.39, 0.29) is 18.2 Å². The molecule has 1 fully saturated rings. The van der Waals surface area contributed by atoms with Gasteiger partial charge in [-0.3, -0.25) is 4.90 Å². The number of methoxy groups -OCH3 is 1. The van der Waals surface area contributed by atoms with E-state index in [2.05, 4.69) is 9.72 Å². The van der Waals surface area contributed by atoms with Crippen molar-refractivity contribution in [2.24, 2.45) is 0 Å². The number of carbonyl (C=O) groups is 2. The van der Waals surface area contributed by atoms with Gasteiger partial charge in [0.2, 0.25) is 5.89 Å². The number of ether oxygens (including phenoxy) is 3. The molecule has 2 rings (SSSR count). The molecule has 0 saturated carbocycles. The Balaban J connectivity index is 2.28. The Bertz CT molecular complexity index is 601. The minimum Gasteiger partial charge on any atom is -0.464 e. The summed E-state index contributed by atoms with van der Waals surface area (Å²) >= 11 is 0. The lowest BCUT2D eigenvalue weighted by molar-refractivity contribution is -0.0634. The lowest BCUT2D eigenvalue weighted by Crippen LogP contribution is -2.47. The van der Waals surface area contributed by atoms with Gasteiger partial charge in [-0.25, -0.2) is 14.6 Å². The maximum atomic E-state index is 12.5. The van der Waals surface area contributed by atoms with Crippen molar-refractivity contribution in [1.29, 1.82) is 0 Å². The first-order valence-corrected chi connectivity index (χ1v) is 7.25. The third kappa shape index (κ3) is 3.64. The maximum absolute atomic E-state index is 12.5. The van der Waals surface area contributed by atoms with E-state index in [9.17, 15) is 9.59 Å². The van der Waals surface area contributed by atoms with Gasteiger partial charge in [0.25, 0.3) is 0 Å². The van der Waals surface area contributed by atoms with Gasteiger partial charge in [-0.05, 0) is 34.6 Å². The molecule has 1 aromatic rings. The van der Waals surface area contributed by atoms with Crippen molar-refractivity contribution in [3.05, 3.63) is 17.8 Å². The Morgan fingerprint density at radius 2 is 2.04 bits per heavy atom. The van der Waals surface area contributed by atoms with E-state index < -0.39 is 29.4 Å². The number of carbonyl (C=O) groups excluding carboxylic acids is 2. The van der Waals surface area contributed by atoms with E-state index >= 15 is 0 Å². The molecule has 0 aliphatic carbocycles. The van der Waals surface area contributed by atoms with E-state index in [1.54, 1.807) is 34.6 Å². The molecule has 1 aliphatic rings. The highest BCUT2D eigenvalue weighted by molar-refractivity contribution is 5.86. The molecule has 1 aromatic heterocycles. The molecule has 128 valence electrons. The van der Waals surface area contributed by atoms with Crippen LogP contribution in [0.15, 0.2) is 10.7 Å². The molecule has 0 bridgehead atoms. The molecule has 0 aromatic carbocycles. The van der Waals surface area contributed by atoms with Gasteiger partial charge in [0.15, 0.2) is 5.69 Å². The molecule has 0 N–H and O–H groups in total. The van der Waals surface area contributed by atoms with Gasteiger partial charge in [0, 0.05) is 0 Å². The Morgan fingerprint density at radius 1 is 1.39 bits per heavy atom. The quantitative estimate of drug-likeness (QED) is 0.771. The molecular weight excluding hydrogens is 304 g/mol. The van der Waals surface area contributed by atoms with Crippen molar-refractivity contribution in [2.45, 2.75) is 52.0 Å². The summed E-state index contributed by atoms with van der Waals surface area (Å²) in [6.45, 7) is 9.04. The second-order valence-corrected chi connectivity index (χ2v) is 6.69. The van der Waals surface area contributed by atoms with Crippen molar-refractivity contribution in [1.82, 2.24) is 9.88 Å². The minimum atomic E-state index is -0.882. The maximum Gasteiger partial charge on any atom is 0.413 e. The molecule has 0 spiro atoms. The Hall–Kier alpha value is -2.09. The van der Waals surface area contributed by atoms with E-state index in [4.69, 9.17) is 13.9 Å². The van der Waals surface area contributed by atoms with Crippen LogP contribution in [0.1, 0.15) is 57.0 Å². The van der Waals surface area contributed by atoms with Crippen molar-refractivity contribution in [2.75, 3.05) is 13.7 Å². The molecule has 8 heteroatoms. The fraction of sp³-hybridized carbons (Fsp3) is 0.667. The van der Waals surface area contributed by atoms with E-state index in [0.717, 1.165) is 0 Å². The fourth-order valence-corrected chi connectivity index (χ4v) is 2.28. The molecule has 8 nitrogen and oxygen atoms in total. The smallest absolute Gasteiger partial charge is 0.413 e. The summed E-state index contributed by atoms with van der Waals surface area (Å²) in [6.07, 6.45) is 0.655. The average molecular weight is 326 g/mol. The van der Waals surface area contributed by atoms with Crippen molar-refractivity contribution in [3.8, 4) is 0 Å². The van der Waals surface area contributed by atoms with Crippen LogP contribution in [0, 0.1) is 0 Å². The van der Waals surface area contributed by atoms with Gasteiger partial charge >= 0.3 is 12.1 Å². The number of hydrogen-bond donors (Lipinski definition) is 0. The van der Waals surface area contributed by atoms with Crippen LogP contribution < -0.4 is 0 Å². The topological polar surface area (TPSA) is 91.1 Å². The monoisotopic (exact) mass is 326 g/mol. The lowest BCUT2D eigenvalue weighted by atomic mass is 10.2. The molecule has 1 saturated heterocycles. The summed E-state index contributed by atoms with van der Waals surface area (Å²) in [5.74, 6) is -0.413. The number of amides is 1. The van der Waals surface area contributed by atoms with Crippen LogP contribution in [-0.2, 0) is 14.2 Å². The van der Waals surface area contributed by atoms with E-state index in [0.29, 0.717) is 0 Å². The zero-order valence-corrected chi connectivity index (χ0v) is 14.2. The molecule has 0 unspecified atom stereocenters. The number of nitrogens with zero attached hydrogens (tertiary/aromatic N) is 2. The average Bonchev–Trinajstić information content (AvgIpc) is 2.99. The van der Waals surface area contributed by atoms with Gasteiger partial charge in [-0.15, -0.1) is 0 Å². The van der Waals surface area contributed by atoms with Gasteiger partial charge in [-0.2, -0.15) is 0 Å². The summed E-state index contributed by atoms with van der Waals surface area (Å²) in [7, 11) is 1.26. The Kier molecular flexibility index (Phi) is 4.39. The molecular formula is C15H22N2O6. The van der Waals surface area contributed by atoms with Crippen molar-refractivity contribution < 1.29 is 28.2 Å². The highest BCUT2D eigenvalue weighted by Crippen LogP contribution is 2.37. The first-order valence-electron chi connectivity index (χ1n) is 7.25. The SMILES string of the molecule is COC(=O)c1coc([C@@H]2COC(C)(C)N2C(=O)OC(C)(C)C)n1. The number of oxazole rings is 1. The third-order valence-corrected chi connectivity index (χ3v) is 3.28. The van der Waals surface area contributed by atoms with Crippen LogP contribution >= 0.6 is 0 Å². The standard InChI is InChI=1S/C15H22N2O6/c1-14(2,3)23-13(19)17-10(8-22-15(17,4)5)11-16-9(7-21-11)12(18)20-6/h7,10H,8H2,1-6H3/t10-/m0/s1. The van der Waals surface area contributed by atoms with Gasteiger partial charge < -0.3 is 18.6 Å². The fourth-order valence-electron chi connectivity index (χ4n) is 2.28. The number of esters is 1. The highest BCUT2D eigenvalue weighted by atomic mass is 16.6.